The third kappa shape index (κ3) is 4.14. The number of halogens is 2. The van der Waals surface area contributed by atoms with Gasteiger partial charge in [0.2, 0.25) is 0 Å². The third-order valence-electron chi connectivity index (χ3n) is 7.54. The largest absolute Gasteiger partial charge is 0.508 e. The van der Waals surface area contributed by atoms with Crippen molar-refractivity contribution < 1.29 is 14.7 Å². The summed E-state index contributed by atoms with van der Waals surface area (Å²) in [7, 11) is 0. The minimum absolute atomic E-state index is 0.0945. The van der Waals surface area contributed by atoms with E-state index >= 15 is 0 Å². The summed E-state index contributed by atoms with van der Waals surface area (Å²) in [6, 6.07) is 13.1. The lowest BCUT2D eigenvalue weighted by Gasteiger charge is -2.36. The van der Waals surface area contributed by atoms with Gasteiger partial charge in [-0.1, -0.05) is 29.3 Å². The summed E-state index contributed by atoms with van der Waals surface area (Å²) in [4.78, 5) is 28.7. The molecular formula is C29H28Cl2N4O3. The van der Waals surface area contributed by atoms with E-state index in [1.165, 1.54) is 0 Å². The van der Waals surface area contributed by atoms with Gasteiger partial charge in [-0.3, -0.25) is 14.9 Å². The Morgan fingerprint density at radius 1 is 0.895 bits per heavy atom. The minimum Gasteiger partial charge on any atom is -0.508 e. The quantitative estimate of drug-likeness (QED) is 0.288. The zero-order valence-electron chi connectivity index (χ0n) is 21.1. The van der Waals surface area contributed by atoms with Crippen LogP contribution in [0.25, 0.3) is 32.9 Å². The average molecular weight is 551 g/mol. The van der Waals surface area contributed by atoms with Crippen molar-refractivity contribution in [3.05, 3.63) is 63.6 Å². The van der Waals surface area contributed by atoms with Crippen LogP contribution >= 0.6 is 23.2 Å². The first-order valence-electron chi connectivity index (χ1n) is 12.8. The van der Waals surface area contributed by atoms with Gasteiger partial charge in [0.15, 0.2) is 0 Å². The Bertz CT molecular complexity index is 1600. The van der Waals surface area contributed by atoms with Crippen molar-refractivity contribution in [2.24, 2.45) is 0 Å². The second kappa shape index (κ2) is 9.58. The molecule has 2 amide bonds. The van der Waals surface area contributed by atoms with Crippen LogP contribution in [0, 0.1) is 0 Å². The normalized spacial score (nSPS) is 19.9. The van der Waals surface area contributed by atoms with Gasteiger partial charge in [0, 0.05) is 69.2 Å². The molecule has 2 unspecified atom stereocenters. The predicted octanol–water partition coefficient (Wildman–Crippen LogP) is 5.43. The summed E-state index contributed by atoms with van der Waals surface area (Å²) in [6.45, 7) is 8.03. The number of phenols is 1. The molecule has 196 valence electrons. The van der Waals surface area contributed by atoms with Crippen LogP contribution in [0.1, 0.15) is 41.0 Å². The molecule has 3 aromatic carbocycles. The SMILES string of the molecule is CC1CN(CCCn2c3ccc(O)cc3c3c4c(c(-c5c(Cl)cccc5Cl)cc32)C(=O)NC4=O)CC(C)N1. The first-order chi connectivity index (χ1) is 18.2. The van der Waals surface area contributed by atoms with Gasteiger partial charge in [-0.15, -0.1) is 0 Å². The lowest BCUT2D eigenvalue weighted by molar-refractivity contribution is 0.0880. The fourth-order valence-electron chi connectivity index (χ4n) is 6.20. The zero-order chi connectivity index (χ0) is 26.7. The number of piperazine rings is 1. The molecule has 1 aromatic heterocycles. The number of phenolic OH excluding ortho intramolecular Hbond substituents is 1. The number of carbonyl (C=O) groups is 2. The van der Waals surface area contributed by atoms with E-state index < -0.39 is 11.8 Å². The number of hydrogen-bond donors (Lipinski definition) is 3. The molecule has 7 nitrogen and oxygen atoms in total. The maximum absolute atomic E-state index is 13.2. The molecule has 0 aliphatic carbocycles. The van der Waals surface area contributed by atoms with Gasteiger partial charge in [-0.25, -0.2) is 0 Å². The van der Waals surface area contributed by atoms with E-state index in [0.29, 0.717) is 45.2 Å². The number of nitrogens with one attached hydrogen (secondary N) is 2. The minimum atomic E-state index is -0.485. The van der Waals surface area contributed by atoms with Crippen LogP contribution in [0.4, 0.5) is 0 Å². The molecule has 3 N–H and O–H groups in total. The van der Waals surface area contributed by atoms with E-state index in [4.69, 9.17) is 23.2 Å². The van der Waals surface area contributed by atoms with Crippen LogP contribution < -0.4 is 10.6 Å². The summed E-state index contributed by atoms with van der Waals surface area (Å²) < 4.78 is 2.17. The monoisotopic (exact) mass is 550 g/mol. The molecule has 2 atom stereocenters. The van der Waals surface area contributed by atoms with Crippen LogP contribution in [-0.4, -0.2) is 58.1 Å². The van der Waals surface area contributed by atoms with Crippen LogP contribution in [0.15, 0.2) is 42.5 Å². The maximum atomic E-state index is 13.2. The molecule has 9 heteroatoms. The predicted molar refractivity (Wildman–Crippen MR) is 151 cm³/mol. The van der Waals surface area contributed by atoms with Crippen molar-refractivity contribution in [2.45, 2.75) is 38.9 Å². The number of aryl methyl sites for hydroxylation is 1. The smallest absolute Gasteiger partial charge is 0.259 e. The number of nitrogens with zero attached hydrogens (tertiary/aromatic N) is 2. The first kappa shape index (κ1) is 25.2. The molecule has 4 aromatic rings. The molecule has 6 rings (SSSR count). The van der Waals surface area contributed by atoms with Gasteiger partial charge >= 0.3 is 0 Å². The number of rotatable bonds is 5. The van der Waals surface area contributed by atoms with E-state index in [-0.39, 0.29) is 16.9 Å². The van der Waals surface area contributed by atoms with E-state index in [9.17, 15) is 14.7 Å². The molecule has 38 heavy (non-hydrogen) atoms. The van der Waals surface area contributed by atoms with E-state index in [0.717, 1.165) is 42.5 Å². The average Bonchev–Trinajstić information content (AvgIpc) is 3.31. The lowest BCUT2D eigenvalue weighted by Crippen LogP contribution is -2.54. The second-order valence-electron chi connectivity index (χ2n) is 10.4. The first-order valence-corrected chi connectivity index (χ1v) is 13.6. The maximum Gasteiger partial charge on any atom is 0.259 e. The molecule has 0 spiro atoms. The van der Waals surface area contributed by atoms with Crippen molar-refractivity contribution in [1.82, 2.24) is 20.1 Å². The van der Waals surface area contributed by atoms with Crippen molar-refractivity contribution in [3.63, 3.8) is 0 Å². The fourth-order valence-corrected chi connectivity index (χ4v) is 6.80. The number of fused-ring (bicyclic) bond motifs is 5. The number of carbonyl (C=O) groups excluding carboxylic acids is 2. The summed E-state index contributed by atoms with van der Waals surface area (Å²) >= 11 is 13.2. The molecule has 0 radical (unpaired) electrons. The van der Waals surface area contributed by atoms with E-state index in [2.05, 4.69) is 33.9 Å². The third-order valence-corrected chi connectivity index (χ3v) is 8.17. The van der Waals surface area contributed by atoms with Gasteiger partial charge < -0.3 is 19.9 Å². The molecule has 1 saturated heterocycles. The van der Waals surface area contributed by atoms with Crippen molar-refractivity contribution in [1.29, 1.82) is 0 Å². The van der Waals surface area contributed by atoms with Gasteiger partial charge in [-0.2, -0.15) is 0 Å². The number of imide groups is 1. The van der Waals surface area contributed by atoms with Gasteiger partial charge in [0.25, 0.3) is 11.8 Å². The van der Waals surface area contributed by atoms with Crippen LogP contribution in [0.5, 0.6) is 5.75 Å². The van der Waals surface area contributed by atoms with Gasteiger partial charge in [-0.05, 0) is 63.2 Å². The van der Waals surface area contributed by atoms with Crippen molar-refractivity contribution in [2.75, 3.05) is 19.6 Å². The van der Waals surface area contributed by atoms with Crippen molar-refractivity contribution >= 4 is 56.8 Å². The van der Waals surface area contributed by atoms with Gasteiger partial charge in [0.1, 0.15) is 5.75 Å². The highest BCUT2D eigenvalue weighted by Gasteiger charge is 2.35. The standard InChI is InChI=1S/C29H28Cl2N4O3/c1-15-13-34(14-16(2)32-15)9-4-10-35-22-8-7-17(36)11-18(22)25-23(35)12-19(24-20(30)5-3-6-21(24)31)26-27(25)29(38)33-28(26)37/h3,5-8,11-12,15-16,32,36H,4,9-10,13-14H2,1-2H3,(H,33,37,38). The Hall–Kier alpha value is -3.10. The Balaban J connectivity index is 1.54. The Labute approximate surface area is 230 Å². The van der Waals surface area contributed by atoms with Crippen LogP contribution in [-0.2, 0) is 6.54 Å². The summed E-state index contributed by atoms with van der Waals surface area (Å²) in [6.07, 6.45) is 0.892. The summed E-state index contributed by atoms with van der Waals surface area (Å²) in [5, 5.41) is 18.5. The molecule has 2 aliphatic rings. The second-order valence-corrected chi connectivity index (χ2v) is 11.2. The molecule has 0 bridgehead atoms. The lowest BCUT2D eigenvalue weighted by atomic mass is 9.92. The summed E-state index contributed by atoms with van der Waals surface area (Å²) in [5.41, 5.74) is 3.26. The molecule has 3 heterocycles. The fraction of sp³-hybridized carbons (Fsp3) is 0.310. The Kier molecular flexibility index (Phi) is 6.35. The highest BCUT2D eigenvalue weighted by molar-refractivity contribution is 6.41. The Morgan fingerprint density at radius 2 is 1.58 bits per heavy atom. The zero-order valence-corrected chi connectivity index (χ0v) is 22.7. The highest BCUT2D eigenvalue weighted by Crippen LogP contribution is 2.44. The van der Waals surface area contributed by atoms with Crippen LogP contribution in [0.2, 0.25) is 10.0 Å². The number of hydrogen-bond acceptors (Lipinski definition) is 5. The van der Waals surface area contributed by atoms with Crippen LogP contribution in [0.3, 0.4) is 0 Å². The Morgan fingerprint density at radius 3 is 2.29 bits per heavy atom. The number of aromatic hydroxyl groups is 1. The number of aromatic nitrogens is 1. The summed E-state index contributed by atoms with van der Waals surface area (Å²) in [5.74, 6) is -0.857. The number of benzene rings is 3. The number of amides is 2. The molecule has 2 aliphatic heterocycles. The molecular weight excluding hydrogens is 523 g/mol. The van der Waals surface area contributed by atoms with Crippen molar-refractivity contribution in [3.8, 4) is 16.9 Å². The van der Waals surface area contributed by atoms with E-state index in [1.807, 2.05) is 12.1 Å². The topological polar surface area (TPSA) is 86.6 Å². The van der Waals surface area contributed by atoms with E-state index in [1.54, 1.807) is 30.3 Å². The van der Waals surface area contributed by atoms with Gasteiger partial charge in [0.05, 0.1) is 16.6 Å². The molecule has 1 fully saturated rings. The highest BCUT2D eigenvalue weighted by atomic mass is 35.5. The molecule has 0 saturated carbocycles.